The zero-order chi connectivity index (χ0) is 102. The fraction of sp³-hybridized carbons (Fsp3) is 0.362. The Morgan fingerprint density at radius 2 is 0.567 bits per heavy atom. The molecule has 30 nitrogen and oxygen atoms in total. The number of hydrogen-bond donors (Lipinski definition) is 10. The molecule has 0 spiro atoms. The Hall–Kier alpha value is -8.70. The molecule has 742 valence electrons. The first-order chi connectivity index (χ1) is 62.0. The van der Waals surface area contributed by atoms with E-state index in [1.165, 1.54) is 62.0 Å². The minimum absolute atomic E-state index is 0.0247. The predicted octanol–water partition coefficient (Wildman–Crippen LogP) is 14.5. The van der Waals surface area contributed by atoms with Crippen LogP contribution >= 0.6 is 0 Å². The Bertz CT molecular complexity index is 6450. The average molecular weight is 2050 g/mol. The van der Waals surface area contributed by atoms with Gasteiger partial charge in [0.25, 0.3) is 0 Å². The van der Waals surface area contributed by atoms with Crippen LogP contribution in [-0.2, 0) is 125 Å². The first kappa shape index (κ1) is 121. The number of unbranched alkanes of at least 4 members (excludes halogenated alkanes) is 2. The molecule has 1 aliphatic carbocycles. The predicted molar refractivity (Wildman–Crippen MR) is 536 cm³/mol. The van der Waals surface area contributed by atoms with Crippen molar-refractivity contribution < 1.29 is 84.2 Å². The van der Waals surface area contributed by atoms with Crippen LogP contribution in [0.3, 0.4) is 0 Å². The van der Waals surface area contributed by atoms with E-state index >= 15 is 0 Å². The van der Waals surface area contributed by atoms with Crippen LogP contribution in [0.4, 0.5) is 0 Å². The van der Waals surface area contributed by atoms with Crippen LogP contribution in [0.2, 0.25) is 0 Å². The summed E-state index contributed by atoms with van der Waals surface area (Å²) in [7, 11) is -33.0. The molecule has 11 rings (SSSR count). The zero-order valence-corrected chi connectivity index (χ0v) is 87.2. The minimum atomic E-state index is -3.57. The molecule has 0 bridgehead atoms. The van der Waals surface area contributed by atoms with Crippen molar-refractivity contribution in [2.24, 2.45) is 30.8 Å². The van der Waals surface area contributed by atoms with Gasteiger partial charge in [0.2, 0.25) is 100 Å². The monoisotopic (exact) mass is 2040 g/mol. The van der Waals surface area contributed by atoms with Gasteiger partial charge in [0.05, 0.1) is 49.0 Å². The largest absolute Gasteiger partial charge is 0.240 e. The second-order valence-corrected chi connectivity index (χ2v) is 48.9. The Morgan fingerprint density at radius 1 is 0.306 bits per heavy atom. The molecule has 0 unspecified atom stereocenters. The number of benzene rings is 10. The van der Waals surface area contributed by atoms with Gasteiger partial charge in [-0.2, -0.15) is 0 Å². The van der Waals surface area contributed by atoms with Gasteiger partial charge in [0, 0.05) is 19.1 Å². The quantitative estimate of drug-likeness (QED) is 0.0225. The van der Waals surface area contributed by atoms with E-state index in [2.05, 4.69) is 53.5 Å². The third kappa shape index (κ3) is 47.9. The Labute approximate surface area is 799 Å². The molecule has 40 heteroatoms. The maximum Gasteiger partial charge on any atom is 0.240 e. The fourth-order valence-electron chi connectivity index (χ4n) is 11.4. The normalized spacial score (nSPS) is 12.6. The molecule has 134 heavy (non-hydrogen) atoms. The molecule has 0 radical (unpaired) electrons. The minimum Gasteiger partial charge on any atom is -0.225 e. The SMILES string of the molecule is CC(C)(C)c1ccc(S(N)(=O)=O)cc1.CC(C)c1ccc(S(N)(=O)=O)cc1.CCCCNS(=O)(=O)c1ccc(C)cc1.CCCCc1ccc(S(N)(=O)=O)cc1.CCCc1ccc(S(N)(=O)=O)cc1.CCNS(=O)(=O)c1ccc(C)cc1.CCc1ccc(S(N)(=O)=O)cc1.CNS(=O)(=O)c1ccc(C)cc1.Cc1ccc(S(=O)(=O)NC2CCCCC2)cc1.Cc1ccc(S(N)(=O)=O)cc1. The molecule has 1 saturated carbocycles. The van der Waals surface area contributed by atoms with Gasteiger partial charge in [-0.3, -0.25) is 0 Å². The summed E-state index contributed by atoms with van der Waals surface area (Å²) in [5.74, 6) is 0.398. The van der Waals surface area contributed by atoms with Gasteiger partial charge >= 0.3 is 0 Å². The summed E-state index contributed by atoms with van der Waals surface area (Å²) in [5.41, 5.74) is 10.8. The lowest BCUT2D eigenvalue weighted by molar-refractivity contribution is 0.412. The Morgan fingerprint density at radius 3 is 0.836 bits per heavy atom. The highest BCUT2D eigenvalue weighted by Gasteiger charge is 2.23. The molecule has 0 atom stereocenters. The molecule has 0 saturated heterocycles. The number of nitrogens with two attached hydrogens (primary N) is 6. The van der Waals surface area contributed by atoms with Gasteiger partial charge in [-0.1, -0.05) is 257 Å². The van der Waals surface area contributed by atoms with Crippen LogP contribution in [0.5, 0.6) is 0 Å². The van der Waals surface area contributed by atoms with Crippen molar-refractivity contribution in [1.29, 1.82) is 0 Å². The van der Waals surface area contributed by atoms with Gasteiger partial charge in [0.15, 0.2) is 0 Å². The average Bonchev–Trinajstić information content (AvgIpc) is 0.817. The molecule has 1 aliphatic rings. The topological polar surface area (TPSA) is 546 Å². The molecule has 0 aliphatic heterocycles. The Kier molecular flexibility index (Phi) is 51.5. The van der Waals surface area contributed by atoms with Gasteiger partial charge in [0.1, 0.15) is 0 Å². The second kappa shape index (κ2) is 56.9. The van der Waals surface area contributed by atoms with Gasteiger partial charge < -0.3 is 0 Å². The zero-order valence-electron chi connectivity index (χ0n) is 79.1. The van der Waals surface area contributed by atoms with Crippen molar-refractivity contribution in [3.8, 4) is 0 Å². The lowest BCUT2D eigenvalue weighted by Crippen LogP contribution is -2.36. The van der Waals surface area contributed by atoms with Crippen LogP contribution in [0.15, 0.2) is 292 Å². The van der Waals surface area contributed by atoms with Crippen molar-refractivity contribution in [3.05, 3.63) is 298 Å². The summed E-state index contributed by atoms with van der Waals surface area (Å²) in [6, 6.07) is 67.1. The van der Waals surface area contributed by atoms with E-state index in [0.717, 1.165) is 133 Å². The van der Waals surface area contributed by atoms with Crippen LogP contribution in [-0.4, -0.2) is 110 Å². The molecular weight excluding hydrogens is 1910 g/mol. The lowest BCUT2D eigenvalue weighted by Gasteiger charge is -2.22. The number of nitrogens with one attached hydrogen (secondary N) is 4. The van der Waals surface area contributed by atoms with Crippen molar-refractivity contribution in [3.63, 3.8) is 0 Å². The number of sulfonamides is 10. The van der Waals surface area contributed by atoms with Crippen molar-refractivity contribution in [2.45, 2.75) is 254 Å². The van der Waals surface area contributed by atoms with E-state index in [-0.39, 0.29) is 40.8 Å². The molecule has 0 amide bonds. The lowest BCUT2D eigenvalue weighted by atomic mass is 9.87. The van der Waals surface area contributed by atoms with E-state index in [9.17, 15) is 84.2 Å². The molecule has 16 N–H and O–H groups in total. The summed E-state index contributed by atoms with van der Waals surface area (Å²) in [5, 5.41) is 29.7. The van der Waals surface area contributed by atoms with E-state index in [1.807, 2.05) is 86.6 Å². The first-order valence-electron chi connectivity index (χ1n) is 42.9. The highest BCUT2D eigenvalue weighted by atomic mass is 32.2. The highest BCUT2D eigenvalue weighted by Crippen LogP contribution is 2.25. The summed E-state index contributed by atoms with van der Waals surface area (Å²) >= 11 is 0. The third-order valence-corrected chi connectivity index (χ3v) is 31.1. The third-order valence-electron chi connectivity index (χ3n) is 19.5. The van der Waals surface area contributed by atoms with Gasteiger partial charge in [-0.15, -0.1) is 0 Å². The highest BCUT2D eigenvalue weighted by molar-refractivity contribution is 7.91. The van der Waals surface area contributed by atoms with Crippen LogP contribution in [0.25, 0.3) is 0 Å². The van der Waals surface area contributed by atoms with Crippen LogP contribution in [0, 0.1) is 34.6 Å². The molecule has 1 fully saturated rings. The summed E-state index contributed by atoms with van der Waals surface area (Å²) < 4.78 is 233. The van der Waals surface area contributed by atoms with E-state index in [0.29, 0.717) is 38.6 Å². The number of rotatable bonds is 26. The van der Waals surface area contributed by atoms with E-state index in [4.69, 9.17) is 30.8 Å². The standard InChI is InChI=1S/C13H19NO2S.C11H17NO2S.2C10H15NO2S.3C9H13NO2S.2C8H11NO2S.C7H9NO2S/c1-11-7-9-13(10-8-11)17(15,16)14-12-5-3-2-4-6-12;1-3-4-9-12-15(13,14)11-7-5-10(2)6-8-11;1-10(2,3)8-4-6-9(7-5-8)14(11,12)13;1-2-3-4-9-5-7-10(8-6-9)14(11,12)13;1-7(2)8-3-5-9(6-4-8)13(10,11)12;1-3-10-13(11,12)9-6-4-8(2)5-7-9;1-2-3-8-4-6-9(7-5-8)13(10,11)12;1-7-3-5-8(6-4-7)12(10,11)9-2;1-2-7-3-5-8(6-4-7)12(9,10)11;1-6-2-4-7(5-3-6)11(8,9)10/h7-10,12,14H,2-6H2,1H3;5-8,12H,3-4,9H2,1-2H3;4-7H,1-3H3,(H2,11,12,13);5-8H,2-4H2,1H3,(H2,11,12,13);3-7H,1-2H3,(H2,10,11,12);4-7,10H,3H2,1-2H3;4-7H,2-3H2,1H3,(H2,10,11,12);3-6,9H,1-2H3;3-6H,2H2,1H3,(H2,9,10,11);2-5H,1H3,(H2,8,9,10). The second-order valence-electron chi connectivity index (χ2n) is 32.4. The molecule has 0 heterocycles. The summed E-state index contributed by atoms with van der Waals surface area (Å²) in [6.07, 6.45) is 13.4. The van der Waals surface area contributed by atoms with Crippen LogP contribution in [0.1, 0.15) is 195 Å². The molecule has 0 aromatic heterocycles. The Balaban J connectivity index is 0.000000505. The van der Waals surface area contributed by atoms with Crippen LogP contribution < -0.4 is 49.7 Å². The number of hydrogen-bond acceptors (Lipinski definition) is 20. The number of primary sulfonamides is 6. The fourth-order valence-corrected chi connectivity index (χ4v) is 18.7. The van der Waals surface area contributed by atoms with E-state index in [1.54, 1.807) is 177 Å². The molecular formula is C94H136N10O20S10. The van der Waals surface area contributed by atoms with Crippen molar-refractivity contribution in [2.75, 3.05) is 20.1 Å². The van der Waals surface area contributed by atoms with Gasteiger partial charge in [-0.25, -0.2) is 134 Å². The smallest absolute Gasteiger partial charge is 0.225 e. The maximum atomic E-state index is 12.1. The molecule has 10 aromatic carbocycles. The van der Waals surface area contributed by atoms with Crippen molar-refractivity contribution >= 4 is 100 Å². The van der Waals surface area contributed by atoms with Gasteiger partial charge in [-0.05, 0) is 247 Å². The summed E-state index contributed by atoms with van der Waals surface area (Å²) in [6.45, 7) is 30.8. The van der Waals surface area contributed by atoms with E-state index < -0.39 is 100 Å². The van der Waals surface area contributed by atoms with Crippen molar-refractivity contribution in [1.82, 2.24) is 18.9 Å². The first-order valence-corrected chi connectivity index (χ1v) is 58.1. The number of aryl methyl sites for hydroxylation is 8. The summed E-state index contributed by atoms with van der Waals surface area (Å²) in [4.78, 5) is 2.32. The maximum absolute atomic E-state index is 12.1. The molecule has 10 aromatic rings.